The van der Waals surface area contributed by atoms with Crippen LogP contribution in [0.2, 0.25) is 0 Å². The van der Waals surface area contributed by atoms with Gasteiger partial charge in [0.15, 0.2) is 11.0 Å². The minimum Gasteiger partial charge on any atom is -0.345 e. The van der Waals surface area contributed by atoms with Crippen LogP contribution in [0.3, 0.4) is 0 Å². The average Bonchev–Trinajstić information content (AvgIpc) is 3.55. The molecule has 186 valence electrons. The van der Waals surface area contributed by atoms with Crippen molar-refractivity contribution in [2.24, 2.45) is 0 Å². The smallest absolute Gasteiger partial charge is 0.269 e. The fourth-order valence-corrected chi connectivity index (χ4v) is 4.99. The molecule has 0 aliphatic carbocycles. The van der Waals surface area contributed by atoms with Crippen LogP contribution in [0.15, 0.2) is 84.0 Å². The van der Waals surface area contributed by atoms with Crippen molar-refractivity contribution in [3.63, 3.8) is 0 Å². The van der Waals surface area contributed by atoms with Crippen LogP contribution < -0.4 is 10.2 Å². The maximum Gasteiger partial charge on any atom is 0.269 e. The van der Waals surface area contributed by atoms with Crippen molar-refractivity contribution >= 4 is 35.0 Å². The van der Waals surface area contributed by atoms with Crippen molar-refractivity contribution in [3.8, 4) is 5.69 Å². The van der Waals surface area contributed by atoms with Crippen LogP contribution >= 0.6 is 11.8 Å². The van der Waals surface area contributed by atoms with Crippen molar-refractivity contribution in [2.45, 2.75) is 18.1 Å². The second kappa shape index (κ2) is 10.6. The number of aromatic nitrogens is 3. The highest BCUT2D eigenvalue weighted by Crippen LogP contribution is 2.29. The summed E-state index contributed by atoms with van der Waals surface area (Å²) >= 11 is 1.29. The van der Waals surface area contributed by atoms with Crippen molar-refractivity contribution in [1.29, 1.82) is 0 Å². The number of rotatable bonds is 8. The van der Waals surface area contributed by atoms with Crippen LogP contribution in [-0.4, -0.2) is 43.8 Å². The Bertz CT molecular complexity index is 1460. The Morgan fingerprint density at radius 2 is 1.70 bits per heavy atom. The van der Waals surface area contributed by atoms with Gasteiger partial charge in [-0.2, -0.15) is 0 Å². The first kappa shape index (κ1) is 24.2. The molecule has 5 rings (SSSR count). The number of hydrogen-bond acceptors (Lipinski definition) is 7. The molecule has 2 heterocycles. The van der Waals surface area contributed by atoms with E-state index in [2.05, 4.69) is 15.5 Å². The van der Waals surface area contributed by atoms with Gasteiger partial charge in [0, 0.05) is 35.6 Å². The molecular weight excluding hydrogens is 492 g/mol. The Balaban J connectivity index is 1.31. The normalized spacial score (nSPS) is 12.3. The lowest BCUT2D eigenvalue weighted by Gasteiger charge is -2.17. The summed E-state index contributed by atoms with van der Waals surface area (Å²) in [5.41, 5.74) is 3.12. The number of amides is 2. The number of nitro groups is 1. The van der Waals surface area contributed by atoms with Gasteiger partial charge < -0.3 is 10.2 Å². The van der Waals surface area contributed by atoms with Gasteiger partial charge in [-0.15, -0.1) is 10.2 Å². The van der Waals surface area contributed by atoms with E-state index in [0.717, 1.165) is 17.8 Å². The molecule has 0 unspecified atom stereocenters. The van der Waals surface area contributed by atoms with Crippen LogP contribution in [0.1, 0.15) is 21.7 Å². The summed E-state index contributed by atoms with van der Waals surface area (Å²) in [5, 5.41) is 22.7. The molecule has 0 saturated heterocycles. The summed E-state index contributed by atoms with van der Waals surface area (Å²) in [7, 11) is 0. The molecule has 3 aromatic carbocycles. The number of anilines is 1. The molecule has 0 fully saturated rings. The minimum absolute atomic E-state index is 0.00872. The first-order valence-corrected chi connectivity index (χ1v) is 12.5. The minimum atomic E-state index is -0.517. The number of nitrogens with one attached hydrogen (secondary N) is 1. The number of benzene rings is 3. The highest BCUT2D eigenvalue weighted by atomic mass is 32.2. The summed E-state index contributed by atoms with van der Waals surface area (Å²) in [6.07, 6.45) is 0.839. The number of nitro benzene ring substituents is 1. The molecule has 37 heavy (non-hydrogen) atoms. The zero-order chi connectivity index (χ0) is 25.8. The molecule has 0 radical (unpaired) electrons. The summed E-state index contributed by atoms with van der Waals surface area (Å²) in [5.74, 6) is 0.275. The van der Waals surface area contributed by atoms with E-state index in [0.29, 0.717) is 23.1 Å². The lowest BCUT2D eigenvalue weighted by molar-refractivity contribution is -0.384. The van der Waals surface area contributed by atoms with E-state index in [1.165, 1.54) is 41.6 Å². The van der Waals surface area contributed by atoms with Gasteiger partial charge >= 0.3 is 0 Å². The van der Waals surface area contributed by atoms with E-state index >= 15 is 0 Å². The number of para-hydroxylation sites is 2. The molecule has 10 nitrogen and oxygen atoms in total. The Kier molecular flexibility index (Phi) is 6.95. The second-order valence-electron chi connectivity index (χ2n) is 8.27. The lowest BCUT2D eigenvalue weighted by atomic mass is 10.2. The number of carbonyl (C=O) groups excluding carboxylic acids is 2. The van der Waals surface area contributed by atoms with E-state index in [9.17, 15) is 19.7 Å². The van der Waals surface area contributed by atoms with Crippen LogP contribution in [-0.2, 0) is 17.8 Å². The van der Waals surface area contributed by atoms with Gasteiger partial charge in [-0.05, 0) is 42.3 Å². The van der Waals surface area contributed by atoms with Gasteiger partial charge in [-0.1, -0.05) is 48.2 Å². The van der Waals surface area contributed by atoms with Crippen LogP contribution in [0, 0.1) is 10.1 Å². The predicted octanol–water partition coefficient (Wildman–Crippen LogP) is 3.79. The molecule has 1 aliphatic heterocycles. The molecule has 0 bridgehead atoms. The first-order chi connectivity index (χ1) is 18.0. The van der Waals surface area contributed by atoms with E-state index in [4.69, 9.17) is 0 Å². The molecule has 0 saturated carbocycles. The number of thioether (sulfide) groups is 1. The van der Waals surface area contributed by atoms with Crippen molar-refractivity contribution in [3.05, 3.63) is 106 Å². The summed E-state index contributed by atoms with van der Waals surface area (Å²) in [4.78, 5) is 37.8. The number of fused-ring (bicyclic) bond motifs is 1. The molecule has 4 aromatic rings. The third kappa shape index (κ3) is 5.21. The molecule has 1 aromatic heterocycles. The van der Waals surface area contributed by atoms with Gasteiger partial charge in [0.2, 0.25) is 5.91 Å². The molecular formula is C26H22N6O4S. The summed E-state index contributed by atoms with van der Waals surface area (Å²) in [6, 6.07) is 22.7. The third-order valence-electron chi connectivity index (χ3n) is 5.98. The topological polar surface area (TPSA) is 123 Å². The Labute approximate surface area is 216 Å². The SMILES string of the molecule is O=C(NCc1nnc(SCC(=O)N2CCc3ccccc32)n1-c1ccccc1)c1ccc([N+](=O)[O-])cc1. The number of carbonyl (C=O) groups is 2. The largest absolute Gasteiger partial charge is 0.345 e. The fourth-order valence-electron chi connectivity index (χ4n) is 4.14. The maximum absolute atomic E-state index is 13.0. The maximum atomic E-state index is 13.0. The second-order valence-corrected chi connectivity index (χ2v) is 9.21. The molecule has 0 spiro atoms. The van der Waals surface area contributed by atoms with Crippen LogP contribution in [0.5, 0.6) is 0 Å². The zero-order valence-corrected chi connectivity index (χ0v) is 20.4. The predicted molar refractivity (Wildman–Crippen MR) is 139 cm³/mol. The summed E-state index contributed by atoms with van der Waals surface area (Å²) in [6.45, 7) is 0.732. The van der Waals surface area contributed by atoms with Crippen molar-refractivity contribution in [1.82, 2.24) is 20.1 Å². The quantitative estimate of drug-likeness (QED) is 0.216. The molecule has 1 aliphatic rings. The van der Waals surface area contributed by atoms with Gasteiger partial charge in [-0.25, -0.2) is 0 Å². The number of hydrogen-bond donors (Lipinski definition) is 1. The number of nitrogens with zero attached hydrogens (tertiary/aromatic N) is 5. The number of non-ortho nitro benzene ring substituents is 1. The highest BCUT2D eigenvalue weighted by Gasteiger charge is 2.25. The van der Waals surface area contributed by atoms with Gasteiger partial charge in [0.05, 0.1) is 17.2 Å². The van der Waals surface area contributed by atoms with Crippen molar-refractivity contribution < 1.29 is 14.5 Å². The highest BCUT2D eigenvalue weighted by molar-refractivity contribution is 7.99. The Hall–Kier alpha value is -4.51. The van der Waals surface area contributed by atoms with E-state index in [1.807, 2.05) is 59.2 Å². The molecule has 0 atom stereocenters. The van der Waals surface area contributed by atoms with E-state index in [1.54, 1.807) is 4.90 Å². The van der Waals surface area contributed by atoms with E-state index in [-0.39, 0.29) is 23.9 Å². The van der Waals surface area contributed by atoms with Gasteiger partial charge in [-0.3, -0.25) is 24.3 Å². The Morgan fingerprint density at radius 1 is 0.973 bits per heavy atom. The average molecular weight is 515 g/mol. The van der Waals surface area contributed by atoms with Crippen molar-refractivity contribution in [2.75, 3.05) is 17.2 Å². The standard InChI is InChI=1S/C26H22N6O4S/c33-24(30-15-14-18-6-4-5-9-22(18)30)17-37-26-29-28-23(31(26)20-7-2-1-3-8-20)16-27-25(34)19-10-12-21(13-11-19)32(35)36/h1-13H,14-17H2,(H,27,34). The zero-order valence-electron chi connectivity index (χ0n) is 19.6. The van der Waals surface area contributed by atoms with Crippen LogP contribution in [0.25, 0.3) is 5.69 Å². The molecule has 11 heteroatoms. The third-order valence-corrected chi connectivity index (χ3v) is 6.89. The molecule has 1 N–H and O–H groups in total. The summed E-state index contributed by atoms with van der Waals surface area (Å²) < 4.78 is 1.81. The van der Waals surface area contributed by atoms with E-state index < -0.39 is 10.8 Å². The van der Waals surface area contributed by atoms with Gasteiger partial charge in [0.1, 0.15) is 0 Å². The first-order valence-electron chi connectivity index (χ1n) is 11.5. The monoisotopic (exact) mass is 514 g/mol. The fraction of sp³-hybridized carbons (Fsp3) is 0.154. The van der Waals surface area contributed by atoms with Gasteiger partial charge in [0.25, 0.3) is 11.6 Å². The van der Waals surface area contributed by atoms with Crippen LogP contribution in [0.4, 0.5) is 11.4 Å². The Morgan fingerprint density at radius 3 is 2.46 bits per heavy atom. The molecule has 2 amide bonds. The lowest BCUT2D eigenvalue weighted by Crippen LogP contribution is -2.30.